The Hall–Kier alpha value is -4.27. The van der Waals surface area contributed by atoms with E-state index in [9.17, 15) is 19.8 Å². The van der Waals surface area contributed by atoms with E-state index in [-0.39, 0.29) is 17.1 Å². The lowest BCUT2D eigenvalue weighted by molar-refractivity contribution is -0.139. The lowest BCUT2D eigenvalue weighted by Crippen LogP contribution is -2.31. The highest BCUT2D eigenvalue weighted by Gasteiger charge is 2.45. The third-order valence-corrected chi connectivity index (χ3v) is 5.94. The van der Waals surface area contributed by atoms with Crippen LogP contribution in [0.15, 0.2) is 66.8 Å². The van der Waals surface area contributed by atoms with Gasteiger partial charge in [0.25, 0.3) is 11.7 Å². The molecule has 1 amide bonds. The highest BCUT2D eigenvalue weighted by Crippen LogP contribution is 2.41. The van der Waals surface area contributed by atoms with Crippen molar-refractivity contribution < 1.29 is 29.3 Å². The van der Waals surface area contributed by atoms with E-state index in [2.05, 4.69) is 4.98 Å². The maximum Gasteiger partial charge on any atom is 0.295 e. The number of imidazole rings is 1. The highest BCUT2D eigenvalue weighted by atomic mass is 16.6. The summed E-state index contributed by atoms with van der Waals surface area (Å²) in [5.41, 5.74) is 0.957. The predicted octanol–water partition coefficient (Wildman–Crippen LogP) is 2.87. The number of hydrogen-bond acceptors (Lipinski definition) is 7. The first-order valence-electron chi connectivity index (χ1n) is 11.0. The number of aliphatic hydroxyl groups excluding tert-OH is 1. The zero-order valence-corrected chi connectivity index (χ0v) is 18.3. The smallest absolute Gasteiger partial charge is 0.295 e. The molecule has 1 aromatic heterocycles. The summed E-state index contributed by atoms with van der Waals surface area (Å²) in [5.74, 6) is -0.641. The quantitative estimate of drug-likeness (QED) is 0.330. The second-order valence-corrected chi connectivity index (χ2v) is 8.10. The van der Waals surface area contributed by atoms with Crippen molar-refractivity contribution in [3.63, 3.8) is 0 Å². The second-order valence-electron chi connectivity index (χ2n) is 8.10. The van der Waals surface area contributed by atoms with Gasteiger partial charge in [0.1, 0.15) is 24.7 Å². The van der Waals surface area contributed by atoms with Crippen molar-refractivity contribution in [1.29, 1.82) is 0 Å². The SMILES string of the molecule is O=C1C(=O)N(CCCn2ccnc2)[C@@H](c2ccc(O)cc2)C1=C(O)c1ccc2c(c1)OCCO2. The molecule has 3 aromatic rings. The molecule has 1 atom stereocenters. The van der Waals surface area contributed by atoms with Crippen LogP contribution in [0, 0.1) is 0 Å². The van der Waals surface area contributed by atoms with E-state index in [4.69, 9.17) is 9.47 Å². The van der Waals surface area contributed by atoms with Crippen LogP contribution in [-0.4, -0.2) is 56.1 Å². The van der Waals surface area contributed by atoms with E-state index in [0.717, 1.165) is 0 Å². The van der Waals surface area contributed by atoms with Crippen LogP contribution in [0.4, 0.5) is 0 Å². The molecule has 2 N–H and O–H groups in total. The van der Waals surface area contributed by atoms with E-state index >= 15 is 0 Å². The fourth-order valence-corrected chi connectivity index (χ4v) is 4.30. The van der Waals surface area contributed by atoms with E-state index in [1.807, 2.05) is 10.8 Å². The lowest BCUT2D eigenvalue weighted by Gasteiger charge is -2.25. The number of hydrogen-bond donors (Lipinski definition) is 2. The standard InChI is InChI=1S/C25H23N3O6/c29-18-5-2-16(3-6-18)22-21(23(30)17-4-7-19-20(14-17)34-13-12-33-19)24(31)25(32)28(22)10-1-9-27-11-8-26-15-27/h2-8,11,14-15,22,29-30H,1,9-10,12-13H2/t22-/m0/s1. The van der Waals surface area contributed by atoms with Crippen LogP contribution >= 0.6 is 0 Å². The fraction of sp³-hybridized carbons (Fsp3) is 0.240. The fourth-order valence-electron chi connectivity index (χ4n) is 4.30. The zero-order chi connectivity index (χ0) is 23.7. The van der Waals surface area contributed by atoms with E-state index in [1.165, 1.54) is 17.0 Å². The number of ketones is 1. The number of phenols is 1. The van der Waals surface area contributed by atoms with E-state index in [0.29, 0.717) is 55.4 Å². The number of aromatic hydroxyl groups is 1. The molecule has 174 valence electrons. The van der Waals surface area contributed by atoms with E-state index < -0.39 is 17.7 Å². The van der Waals surface area contributed by atoms with Crippen molar-refractivity contribution in [1.82, 2.24) is 14.5 Å². The van der Waals surface area contributed by atoms with Crippen LogP contribution < -0.4 is 9.47 Å². The number of rotatable bonds is 6. The minimum atomic E-state index is -0.795. The van der Waals surface area contributed by atoms with Gasteiger partial charge >= 0.3 is 0 Å². The largest absolute Gasteiger partial charge is 0.508 e. The molecule has 9 heteroatoms. The van der Waals surface area contributed by atoms with Gasteiger partial charge in [-0.05, 0) is 42.3 Å². The number of nitrogens with zero attached hydrogens (tertiary/aromatic N) is 3. The van der Waals surface area contributed by atoms with Gasteiger partial charge in [-0.2, -0.15) is 0 Å². The average molecular weight is 461 g/mol. The number of amides is 1. The molecule has 0 spiro atoms. The van der Waals surface area contributed by atoms with Crippen LogP contribution in [0.1, 0.15) is 23.6 Å². The van der Waals surface area contributed by atoms with Crippen molar-refractivity contribution in [2.75, 3.05) is 19.8 Å². The summed E-state index contributed by atoms with van der Waals surface area (Å²) in [5, 5.41) is 21.0. The third-order valence-electron chi connectivity index (χ3n) is 5.94. The van der Waals surface area contributed by atoms with Gasteiger partial charge in [0.15, 0.2) is 11.5 Å². The van der Waals surface area contributed by atoms with Gasteiger partial charge in [0, 0.05) is 31.0 Å². The molecule has 2 aliphatic rings. The average Bonchev–Trinajstić information content (AvgIpc) is 3.46. The minimum Gasteiger partial charge on any atom is -0.508 e. The number of fused-ring (bicyclic) bond motifs is 1. The molecule has 0 saturated carbocycles. The summed E-state index contributed by atoms with van der Waals surface area (Å²) in [6.07, 6.45) is 5.78. The van der Waals surface area contributed by atoms with Gasteiger partial charge in [-0.15, -0.1) is 0 Å². The number of aliphatic hydroxyl groups is 1. The number of carbonyl (C=O) groups excluding carboxylic acids is 2. The van der Waals surface area contributed by atoms with Gasteiger partial charge in [0.05, 0.1) is 17.9 Å². The molecule has 5 rings (SSSR count). The maximum absolute atomic E-state index is 13.1. The molecule has 0 unspecified atom stereocenters. The Kier molecular flexibility index (Phi) is 5.67. The minimum absolute atomic E-state index is 0.00463. The van der Waals surface area contributed by atoms with Crippen molar-refractivity contribution in [3.8, 4) is 17.2 Å². The van der Waals surface area contributed by atoms with Crippen molar-refractivity contribution in [3.05, 3.63) is 77.9 Å². The number of benzene rings is 2. The monoisotopic (exact) mass is 461 g/mol. The number of ether oxygens (including phenoxy) is 2. The van der Waals surface area contributed by atoms with Crippen LogP contribution in [-0.2, 0) is 16.1 Å². The van der Waals surface area contributed by atoms with Gasteiger partial charge in [-0.3, -0.25) is 9.59 Å². The molecule has 0 radical (unpaired) electrons. The lowest BCUT2D eigenvalue weighted by atomic mass is 9.95. The van der Waals surface area contributed by atoms with Gasteiger partial charge in [-0.25, -0.2) is 4.98 Å². The molecule has 0 bridgehead atoms. The van der Waals surface area contributed by atoms with Crippen LogP contribution in [0.2, 0.25) is 0 Å². The Balaban J connectivity index is 1.53. The first-order chi connectivity index (χ1) is 16.5. The van der Waals surface area contributed by atoms with Gasteiger partial charge in [0.2, 0.25) is 0 Å². The number of aryl methyl sites for hydroxylation is 1. The topological polar surface area (TPSA) is 114 Å². The summed E-state index contributed by atoms with van der Waals surface area (Å²) in [7, 11) is 0. The van der Waals surface area contributed by atoms with Crippen LogP contribution in [0.25, 0.3) is 5.76 Å². The maximum atomic E-state index is 13.1. The first kappa shape index (κ1) is 21.6. The highest BCUT2D eigenvalue weighted by molar-refractivity contribution is 6.46. The molecule has 2 aliphatic heterocycles. The molecular weight excluding hydrogens is 438 g/mol. The Morgan fingerprint density at radius 1 is 1.03 bits per heavy atom. The summed E-state index contributed by atoms with van der Waals surface area (Å²) >= 11 is 0. The van der Waals surface area contributed by atoms with Gasteiger partial charge < -0.3 is 29.2 Å². The van der Waals surface area contributed by atoms with Crippen LogP contribution in [0.3, 0.4) is 0 Å². The van der Waals surface area contributed by atoms with E-state index in [1.54, 1.807) is 42.9 Å². The van der Waals surface area contributed by atoms with Crippen LogP contribution in [0.5, 0.6) is 17.2 Å². The number of carbonyl (C=O) groups is 2. The Morgan fingerprint density at radius 2 is 1.79 bits per heavy atom. The Morgan fingerprint density at radius 3 is 2.53 bits per heavy atom. The molecule has 1 saturated heterocycles. The number of Topliss-reactive ketones (excluding diaryl/α,β-unsaturated/α-hetero) is 1. The van der Waals surface area contributed by atoms with Crippen molar-refractivity contribution >= 4 is 17.4 Å². The molecule has 3 heterocycles. The van der Waals surface area contributed by atoms with Crippen molar-refractivity contribution in [2.45, 2.75) is 19.0 Å². The van der Waals surface area contributed by atoms with Crippen molar-refractivity contribution in [2.24, 2.45) is 0 Å². The zero-order valence-electron chi connectivity index (χ0n) is 18.3. The third kappa shape index (κ3) is 3.96. The predicted molar refractivity (Wildman–Crippen MR) is 121 cm³/mol. The Bertz CT molecular complexity index is 1250. The molecule has 0 aliphatic carbocycles. The summed E-state index contributed by atoms with van der Waals surface area (Å²) in [6, 6.07) is 10.4. The Labute approximate surface area is 195 Å². The summed E-state index contributed by atoms with van der Waals surface area (Å²) in [4.78, 5) is 31.7. The number of phenolic OH excluding ortho intramolecular Hbond substituents is 1. The van der Waals surface area contributed by atoms with Gasteiger partial charge in [-0.1, -0.05) is 12.1 Å². The molecular formula is C25H23N3O6. The summed E-state index contributed by atoms with van der Waals surface area (Å²) < 4.78 is 13.0. The molecule has 34 heavy (non-hydrogen) atoms. The first-order valence-corrected chi connectivity index (χ1v) is 11.0. The number of aromatic nitrogens is 2. The number of likely N-dealkylation sites (tertiary alicyclic amines) is 1. The summed E-state index contributed by atoms with van der Waals surface area (Å²) in [6.45, 7) is 1.73. The second kappa shape index (κ2) is 8.93. The molecule has 1 fully saturated rings. The molecule has 9 nitrogen and oxygen atoms in total. The molecule has 2 aromatic carbocycles. The normalized spacial score (nSPS) is 18.9.